The van der Waals surface area contributed by atoms with Gasteiger partial charge in [-0.3, -0.25) is 9.48 Å². The van der Waals surface area contributed by atoms with E-state index in [9.17, 15) is 4.79 Å². The first-order chi connectivity index (χ1) is 21.3. The van der Waals surface area contributed by atoms with Gasteiger partial charge in [0.1, 0.15) is 13.9 Å². The van der Waals surface area contributed by atoms with Crippen molar-refractivity contribution < 1.29 is 8.91 Å². The van der Waals surface area contributed by atoms with Gasteiger partial charge >= 0.3 is 0 Å². The molecule has 7 heteroatoms. The molecule has 1 saturated carbocycles. The van der Waals surface area contributed by atoms with Crippen LogP contribution < -0.4 is 0 Å². The Balaban J connectivity index is 1.44. The first-order valence-electron chi connectivity index (χ1n) is 16.9. The van der Waals surface area contributed by atoms with Crippen LogP contribution in [0.3, 0.4) is 0 Å². The van der Waals surface area contributed by atoms with E-state index in [-0.39, 0.29) is 6.04 Å². The number of hydrogen-bond donors (Lipinski definition) is 0. The van der Waals surface area contributed by atoms with E-state index < -0.39 is 27.0 Å². The van der Waals surface area contributed by atoms with Gasteiger partial charge in [0.05, 0.1) is 35.4 Å². The molecule has 0 unspecified atom stereocenters. The predicted molar refractivity (Wildman–Crippen MR) is 171 cm³/mol. The molecular formula is C35H41N5OSi. The molecule has 1 aliphatic carbocycles. The minimum atomic E-state index is -2.62. The average Bonchev–Trinajstić information content (AvgIpc) is 3.46. The van der Waals surface area contributed by atoms with Crippen LogP contribution >= 0.6 is 0 Å². The van der Waals surface area contributed by atoms with Crippen molar-refractivity contribution >= 4 is 25.0 Å². The van der Waals surface area contributed by atoms with E-state index in [1.165, 1.54) is 0 Å². The molecule has 0 N–H and O–H groups in total. The summed E-state index contributed by atoms with van der Waals surface area (Å²) < 4.78 is 29.6. The summed E-state index contributed by atoms with van der Waals surface area (Å²) in [4.78, 5) is 20.2. The molecule has 4 heterocycles. The fourth-order valence-corrected chi connectivity index (χ4v) is 13.1. The number of aromatic nitrogens is 4. The van der Waals surface area contributed by atoms with Crippen LogP contribution in [0, 0.1) is 11.5 Å². The van der Waals surface area contributed by atoms with Gasteiger partial charge in [0.25, 0.3) is 5.91 Å². The highest BCUT2D eigenvalue weighted by Gasteiger charge is 2.45. The average molecular weight is 579 g/mol. The number of rotatable bonds is 5. The van der Waals surface area contributed by atoms with Crippen molar-refractivity contribution in [1.82, 2.24) is 24.2 Å². The van der Waals surface area contributed by atoms with Crippen LogP contribution in [0.25, 0.3) is 22.2 Å². The highest BCUT2D eigenvalue weighted by atomic mass is 28.3. The van der Waals surface area contributed by atoms with E-state index in [4.69, 9.17) is 9.10 Å². The Labute approximate surface area is 254 Å². The molecule has 216 valence electrons. The maximum atomic E-state index is 14.2. The van der Waals surface area contributed by atoms with Gasteiger partial charge in [0.15, 0.2) is 0 Å². The molecule has 7 rings (SSSR count). The molecule has 3 aliphatic rings. The van der Waals surface area contributed by atoms with E-state index in [0.717, 1.165) is 51.0 Å². The third kappa shape index (κ3) is 3.95. The van der Waals surface area contributed by atoms with Gasteiger partial charge in [-0.1, -0.05) is 59.6 Å². The third-order valence-electron chi connectivity index (χ3n) is 10.1. The summed E-state index contributed by atoms with van der Waals surface area (Å²) in [7, 11) is -2.07. The Kier molecular flexibility index (Phi) is 5.52. The van der Waals surface area contributed by atoms with Crippen molar-refractivity contribution in [1.29, 1.82) is 0 Å². The number of nitrogens with zero attached hydrogens (tertiary/aromatic N) is 5. The zero-order valence-electron chi connectivity index (χ0n) is 28.3. The number of carbonyl (C=O) groups is 1. The van der Waals surface area contributed by atoms with E-state index in [0.29, 0.717) is 40.5 Å². The van der Waals surface area contributed by atoms with Crippen molar-refractivity contribution in [2.24, 2.45) is 0 Å². The fraction of sp³-hybridized carbons (Fsp3) is 0.457. The standard InChI is InChI=1S/C35H41N5OSi/c1-21(2)42(22(3)4,23(5)6)16-15-24-9-8-10-28-33(24)31-18-32(38(7)35(28)41)34-37-29-14-11-25(17-30(29)40(31)34)26-19-36-39(20-26)27-12-13-27/h8-11,14,17,19-23,27,31-32H,12-13,18H2,1-7H3/t31-,32-/m1/s1/i7D3. The number of amides is 1. The summed E-state index contributed by atoms with van der Waals surface area (Å²) in [5, 5.41) is 4.60. The Morgan fingerprint density at radius 1 is 1.00 bits per heavy atom. The lowest BCUT2D eigenvalue weighted by Gasteiger charge is -2.38. The summed E-state index contributed by atoms with van der Waals surface area (Å²) in [6.07, 6.45) is 6.79. The molecule has 0 spiro atoms. The molecule has 2 aromatic carbocycles. The molecule has 0 radical (unpaired) electrons. The lowest BCUT2D eigenvalue weighted by molar-refractivity contribution is 0.0734. The summed E-state index contributed by atoms with van der Waals surface area (Å²) in [5.74, 6) is 3.77. The number of hydrogen-bond acceptors (Lipinski definition) is 3. The summed E-state index contributed by atoms with van der Waals surface area (Å²) >= 11 is 0. The molecule has 42 heavy (non-hydrogen) atoms. The van der Waals surface area contributed by atoms with E-state index in [1.54, 1.807) is 6.07 Å². The minimum Gasteiger partial charge on any atom is -0.331 e. The van der Waals surface area contributed by atoms with Gasteiger partial charge in [0, 0.05) is 46.0 Å². The zero-order valence-corrected chi connectivity index (χ0v) is 26.3. The molecule has 2 bridgehead atoms. The predicted octanol–water partition coefficient (Wildman–Crippen LogP) is 7.92. The number of carbonyl (C=O) groups excluding carboxylic acids is 1. The van der Waals surface area contributed by atoms with E-state index in [1.807, 2.05) is 29.1 Å². The maximum Gasteiger partial charge on any atom is 0.254 e. The molecule has 1 amide bonds. The highest BCUT2D eigenvalue weighted by molar-refractivity contribution is 6.90. The maximum absolute atomic E-state index is 14.2. The molecule has 2 aliphatic heterocycles. The molecule has 2 atom stereocenters. The molecule has 0 saturated heterocycles. The second kappa shape index (κ2) is 9.70. The quantitative estimate of drug-likeness (QED) is 0.179. The van der Waals surface area contributed by atoms with Gasteiger partial charge in [-0.25, -0.2) is 4.98 Å². The van der Waals surface area contributed by atoms with Crippen molar-refractivity contribution in [3.8, 4) is 22.6 Å². The number of benzene rings is 2. The first-order valence-corrected chi connectivity index (χ1v) is 17.6. The van der Waals surface area contributed by atoms with Crippen LogP contribution in [0.2, 0.25) is 16.6 Å². The Morgan fingerprint density at radius 3 is 2.45 bits per heavy atom. The second-order valence-corrected chi connectivity index (χ2v) is 18.9. The van der Waals surface area contributed by atoms with Crippen molar-refractivity contribution in [3.63, 3.8) is 0 Å². The van der Waals surface area contributed by atoms with Gasteiger partial charge < -0.3 is 9.47 Å². The van der Waals surface area contributed by atoms with Gasteiger partial charge in [0.2, 0.25) is 0 Å². The summed E-state index contributed by atoms with van der Waals surface area (Å²) in [5.41, 5.74) is 11.1. The van der Waals surface area contributed by atoms with Crippen LogP contribution in [0.5, 0.6) is 0 Å². The Hall–Kier alpha value is -3.63. The minimum absolute atomic E-state index is 0.274. The smallest absolute Gasteiger partial charge is 0.254 e. The van der Waals surface area contributed by atoms with Crippen LogP contribution in [-0.4, -0.2) is 45.2 Å². The normalized spacial score (nSPS) is 21.2. The lowest BCUT2D eigenvalue weighted by Crippen LogP contribution is -2.43. The summed E-state index contributed by atoms with van der Waals surface area (Å²) in [6.45, 7) is 11.1. The third-order valence-corrected chi connectivity index (χ3v) is 16.4. The molecule has 4 aromatic rings. The molecule has 6 nitrogen and oxygen atoms in total. The lowest BCUT2D eigenvalue weighted by atomic mass is 9.93. The second-order valence-electron chi connectivity index (χ2n) is 13.3. The molecular weight excluding hydrogens is 535 g/mol. The van der Waals surface area contributed by atoms with Crippen molar-refractivity contribution in [2.45, 2.75) is 95.6 Å². The van der Waals surface area contributed by atoms with Gasteiger partial charge in [-0.05, 0) is 59.3 Å². The van der Waals surface area contributed by atoms with Crippen LogP contribution in [0.1, 0.15) is 110 Å². The molecule has 1 fully saturated rings. The van der Waals surface area contributed by atoms with Gasteiger partial charge in [-0.15, -0.1) is 5.54 Å². The summed E-state index contributed by atoms with van der Waals surface area (Å²) in [6, 6.07) is 11.4. The van der Waals surface area contributed by atoms with Gasteiger partial charge in [-0.2, -0.15) is 5.10 Å². The highest BCUT2D eigenvalue weighted by Crippen LogP contribution is 2.49. The van der Waals surface area contributed by atoms with Crippen molar-refractivity contribution in [3.05, 3.63) is 71.3 Å². The van der Waals surface area contributed by atoms with Crippen LogP contribution in [0.15, 0.2) is 48.8 Å². The van der Waals surface area contributed by atoms with Crippen molar-refractivity contribution in [2.75, 3.05) is 6.98 Å². The monoisotopic (exact) mass is 578 g/mol. The zero-order chi connectivity index (χ0) is 32.0. The Bertz CT molecular complexity index is 1870. The fourth-order valence-electron chi connectivity index (χ4n) is 7.87. The largest absolute Gasteiger partial charge is 0.331 e. The first kappa shape index (κ1) is 23.9. The van der Waals surface area contributed by atoms with E-state index >= 15 is 0 Å². The Morgan fingerprint density at radius 2 is 1.76 bits per heavy atom. The number of fused-ring (bicyclic) bond motifs is 9. The topological polar surface area (TPSA) is 56.0 Å². The van der Waals surface area contributed by atoms with Crippen LogP contribution in [0.4, 0.5) is 0 Å². The van der Waals surface area contributed by atoms with Crippen LogP contribution in [-0.2, 0) is 0 Å². The molecule has 2 aromatic heterocycles. The van der Waals surface area contributed by atoms with E-state index in [2.05, 4.69) is 81.0 Å². The SMILES string of the molecule is [2H]C([2H])([2H])N1C(=O)c2cccc(C#C[Si](C(C)C)(C(C)C)C(C)C)c2[C@H]2C[C@@H]1c1nc3ccc(-c4cnn(C5CC5)c4)cc3n12. The number of imidazole rings is 1.